The Morgan fingerprint density at radius 2 is 1.86 bits per heavy atom. The summed E-state index contributed by atoms with van der Waals surface area (Å²) < 4.78 is 4.94. The summed E-state index contributed by atoms with van der Waals surface area (Å²) in [7, 11) is 0. The maximum atomic E-state index is 13.0. The zero-order valence-electron chi connectivity index (χ0n) is 14.8. The zero-order chi connectivity index (χ0) is 19.8. The molecule has 2 unspecified atom stereocenters. The van der Waals surface area contributed by atoms with Crippen molar-refractivity contribution in [3.05, 3.63) is 64.7 Å². The molecular weight excluding hydrogens is 384 g/mol. The predicted molar refractivity (Wildman–Crippen MR) is 101 cm³/mol. The minimum Gasteiger partial charge on any atom is -0.462 e. The van der Waals surface area contributed by atoms with E-state index >= 15 is 0 Å². The van der Waals surface area contributed by atoms with Gasteiger partial charge in [-0.25, -0.2) is 9.69 Å². The zero-order valence-corrected chi connectivity index (χ0v) is 15.6. The smallest absolute Gasteiger partial charge is 0.338 e. The van der Waals surface area contributed by atoms with Crippen LogP contribution in [-0.2, 0) is 19.2 Å². The molecule has 1 saturated heterocycles. The molecule has 2 heterocycles. The van der Waals surface area contributed by atoms with E-state index < -0.39 is 29.8 Å². The molecule has 2 aromatic rings. The Balaban J connectivity index is 1.63. The highest BCUT2D eigenvalue weighted by atomic mass is 35.5. The average molecular weight is 399 g/mol. The van der Waals surface area contributed by atoms with E-state index in [1.54, 1.807) is 31.2 Å². The lowest BCUT2D eigenvalue weighted by atomic mass is 9.94. The lowest BCUT2D eigenvalue weighted by molar-refractivity contribution is -0.126. The number of fused-ring (bicyclic) bond motifs is 1. The van der Waals surface area contributed by atoms with Gasteiger partial charge in [-0.2, -0.15) is 0 Å². The first-order valence-electron chi connectivity index (χ1n) is 8.66. The van der Waals surface area contributed by atoms with Gasteiger partial charge in [0.1, 0.15) is 11.6 Å². The Hall–Kier alpha value is -3.19. The van der Waals surface area contributed by atoms with Gasteiger partial charge >= 0.3 is 5.97 Å². The molecule has 8 heteroatoms. The largest absolute Gasteiger partial charge is 0.462 e. The minimum absolute atomic E-state index is 0.258. The summed E-state index contributed by atoms with van der Waals surface area (Å²) in [5.74, 6) is -2.29. The predicted octanol–water partition coefficient (Wildman–Crippen LogP) is 2.81. The maximum Gasteiger partial charge on any atom is 0.338 e. The van der Waals surface area contributed by atoms with Crippen LogP contribution in [0.15, 0.2) is 53.7 Å². The van der Waals surface area contributed by atoms with E-state index in [-0.39, 0.29) is 6.61 Å². The van der Waals surface area contributed by atoms with Gasteiger partial charge in [-0.05, 0) is 37.3 Å². The van der Waals surface area contributed by atoms with Crippen molar-refractivity contribution in [2.24, 2.45) is 11.1 Å². The standard InChI is InChI=1S/C20H15ClN2O5/c1-2-27-20(26)11-7-9-12(10-8-11)23-18(24)15-16(22-28-17(15)19(23)25)13-5-3-4-6-14(13)21/h3-10,15,17H,2H2,1H3. The molecule has 4 rings (SSSR count). The number of halogens is 1. The molecule has 2 aliphatic rings. The highest BCUT2D eigenvalue weighted by molar-refractivity contribution is 6.38. The molecule has 0 radical (unpaired) electrons. The summed E-state index contributed by atoms with van der Waals surface area (Å²) in [6, 6.07) is 13.0. The van der Waals surface area contributed by atoms with Crippen molar-refractivity contribution >= 4 is 40.8 Å². The number of benzene rings is 2. The summed E-state index contributed by atoms with van der Waals surface area (Å²) in [5.41, 5.74) is 1.57. The van der Waals surface area contributed by atoms with Crippen molar-refractivity contribution < 1.29 is 24.0 Å². The van der Waals surface area contributed by atoms with Crippen molar-refractivity contribution in [3.8, 4) is 0 Å². The number of carbonyl (C=O) groups is 3. The van der Waals surface area contributed by atoms with Crippen LogP contribution in [0.3, 0.4) is 0 Å². The third-order valence-corrected chi connectivity index (χ3v) is 4.93. The summed E-state index contributed by atoms with van der Waals surface area (Å²) in [4.78, 5) is 43.9. The number of hydrogen-bond donors (Lipinski definition) is 0. The van der Waals surface area contributed by atoms with Crippen molar-refractivity contribution in [1.82, 2.24) is 0 Å². The van der Waals surface area contributed by atoms with Crippen LogP contribution in [0, 0.1) is 5.92 Å². The fourth-order valence-corrected chi connectivity index (χ4v) is 3.52. The monoisotopic (exact) mass is 398 g/mol. The fraction of sp³-hybridized carbons (Fsp3) is 0.200. The summed E-state index contributed by atoms with van der Waals surface area (Å²) in [5, 5.41) is 4.36. The Morgan fingerprint density at radius 1 is 1.14 bits per heavy atom. The molecule has 2 amide bonds. The number of ether oxygens (including phenoxy) is 1. The maximum absolute atomic E-state index is 13.0. The first-order chi connectivity index (χ1) is 13.5. The number of anilines is 1. The molecule has 1 fully saturated rings. The van der Waals surface area contributed by atoms with Crippen molar-refractivity contribution in [2.75, 3.05) is 11.5 Å². The molecule has 0 aromatic heterocycles. The third-order valence-electron chi connectivity index (χ3n) is 4.60. The number of carbonyl (C=O) groups excluding carboxylic acids is 3. The molecule has 2 atom stereocenters. The van der Waals surface area contributed by atoms with Gasteiger partial charge in [-0.1, -0.05) is 35.0 Å². The molecule has 0 saturated carbocycles. The lowest BCUT2D eigenvalue weighted by Gasteiger charge is -2.16. The van der Waals surface area contributed by atoms with Crippen molar-refractivity contribution in [2.45, 2.75) is 13.0 Å². The minimum atomic E-state index is -1.02. The fourth-order valence-electron chi connectivity index (χ4n) is 3.28. The number of esters is 1. The van der Waals surface area contributed by atoms with E-state index in [0.717, 1.165) is 4.90 Å². The van der Waals surface area contributed by atoms with E-state index in [4.69, 9.17) is 21.2 Å². The van der Waals surface area contributed by atoms with E-state index in [0.29, 0.717) is 27.5 Å². The molecule has 0 spiro atoms. The summed E-state index contributed by atoms with van der Waals surface area (Å²) in [6.45, 7) is 1.97. The third kappa shape index (κ3) is 2.84. The van der Waals surface area contributed by atoms with Gasteiger partial charge in [0, 0.05) is 10.6 Å². The van der Waals surface area contributed by atoms with Crippen LogP contribution < -0.4 is 4.90 Å². The van der Waals surface area contributed by atoms with Crippen LogP contribution in [0.4, 0.5) is 5.69 Å². The van der Waals surface area contributed by atoms with Gasteiger partial charge in [0.15, 0.2) is 0 Å². The Bertz CT molecular complexity index is 1000. The van der Waals surface area contributed by atoms with Crippen molar-refractivity contribution in [1.29, 1.82) is 0 Å². The molecular formula is C20H15ClN2O5. The van der Waals surface area contributed by atoms with Crippen LogP contribution in [0.1, 0.15) is 22.8 Å². The van der Waals surface area contributed by atoms with Gasteiger partial charge in [0.05, 0.1) is 17.9 Å². The van der Waals surface area contributed by atoms with Gasteiger partial charge in [-0.15, -0.1) is 0 Å². The summed E-state index contributed by atoms with van der Waals surface area (Å²) in [6.07, 6.45) is -1.02. The Labute approximate surface area is 165 Å². The van der Waals surface area contributed by atoms with E-state index in [1.807, 2.05) is 0 Å². The molecule has 7 nitrogen and oxygen atoms in total. The topological polar surface area (TPSA) is 85.3 Å². The normalized spacial score (nSPS) is 20.6. The van der Waals surface area contributed by atoms with Crippen LogP contribution in [0.2, 0.25) is 5.02 Å². The average Bonchev–Trinajstić information content (AvgIpc) is 3.23. The van der Waals surface area contributed by atoms with E-state index in [1.165, 1.54) is 24.3 Å². The summed E-state index contributed by atoms with van der Waals surface area (Å²) >= 11 is 6.21. The van der Waals surface area contributed by atoms with Crippen LogP contribution >= 0.6 is 11.6 Å². The molecule has 0 bridgehead atoms. The van der Waals surface area contributed by atoms with Crippen LogP contribution in [-0.4, -0.2) is 36.2 Å². The molecule has 28 heavy (non-hydrogen) atoms. The SMILES string of the molecule is CCOC(=O)c1ccc(N2C(=O)C3ON=C(c4ccccc4Cl)C3C2=O)cc1. The second kappa shape index (κ2) is 7.09. The van der Waals surface area contributed by atoms with E-state index in [9.17, 15) is 14.4 Å². The second-order valence-electron chi connectivity index (χ2n) is 6.24. The Morgan fingerprint density at radius 3 is 2.54 bits per heavy atom. The quantitative estimate of drug-likeness (QED) is 0.584. The van der Waals surface area contributed by atoms with Crippen molar-refractivity contribution in [3.63, 3.8) is 0 Å². The van der Waals surface area contributed by atoms with Gasteiger partial charge in [-0.3, -0.25) is 9.59 Å². The molecule has 142 valence electrons. The number of amides is 2. The molecule has 0 aliphatic carbocycles. The first-order valence-corrected chi connectivity index (χ1v) is 9.04. The Kier molecular flexibility index (Phi) is 4.60. The number of oxime groups is 1. The molecule has 2 aliphatic heterocycles. The highest BCUT2D eigenvalue weighted by Crippen LogP contribution is 2.36. The van der Waals surface area contributed by atoms with Gasteiger partial charge in [0.2, 0.25) is 12.0 Å². The first kappa shape index (κ1) is 18.2. The van der Waals surface area contributed by atoms with Crippen LogP contribution in [0.25, 0.3) is 0 Å². The van der Waals surface area contributed by atoms with Gasteiger partial charge in [0.25, 0.3) is 5.91 Å². The highest BCUT2D eigenvalue weighted by Gasteiger charge is 2.56. The number of nitrogens with zero attached hydrogens (tertiary/aromatic N) is 2. The number of rotatable bonds is 4. The molecule has 0 N–H and O–H groups in total. The number of hydrogen-bond acceptors (Lipinski definition) is 6. The number of imide groups is 1. The van der Waals surface area contributed by atoms with E-state index in [2.05, 4.69) is 5.16 Å². The van der Waals surface area contributed by atoms with Gasteiger partial charge < -0.3 is 9.57 Å². The van der Waals surface area contributed by atoms with Crippen LogP contribution in [0.5, 0.6) is 0 Å². The second-order valence-corrected chi connectivity index (χ2v) is 6.65. The molecule has 2 aromatic carbocycles. The lowest BCUT2D eigenvalue weighted by Crippen LogP contribution is -2.33.